The number of esters is 1. The molecule has 2 aromatic heterocycles. The standard InChI is InChI=1S/C11H11F2N3O2/c1-11(12,13)6-16-5-7-4-14-9(10(17)18-2)3-8(7)15-16/h3-5H,6H2,1-2H3. The number of hydrogen-bond acceptors (Lipinski definition) is 4. The minimum atomic E-state index is -2.85. The second kappa shape index (κ2) is 4.32. The van der Waals surface area contributed by atoms with E-state index >= 15 is 0 Å². The van der Waals surface area contributed by atoms with E-state index in [4.69, 9.17) is 0 Å². The summed E-state index contributed by atoms with van der Waals surface area (Å²) in [5.74, 6) is -3.44. The zero-order chi connectivity index (χ0) is 13.3. The molecule has 0 aromatic carbocycles. The Morgan fingerprint density at radius 3 is 2.89 bits per heavy atom. The van der Waals surface area contributed by atoms with Gasteiger partial charge in [-0.15, -0.1) is 0 Å². The van der Waals surface area contributed by atoms with Crippen LogP contribution in [-0.4, -0.2) is 33.8 Å². The predicted octanol–water partition coefficient (Wildman–Crippen LogP) is 1.87. The van der Waals surface area contributed by atoms with Crippen LogP contribution in [0.15, 0.2) is 18.5 Å². The molecule has 7 heteroatoms. The fourth-order valence-corrected chi connectivity index (χ4v) is 1.55. The average Bonchev–Trinajstić information content (AvgIpc) is 2.66. The number of carbonyl (C=O) groups excluding carboxylic acids is 1. The summed E-state index contributed by atoms with van der Waals surface area (Å²) in [7, 11) is 1.24. The summed E-state index contributed by atoms with van der Waals surface area (Å²) in [5.41, 5.74) is 0.521. The number of pyridine rings is 1. The minimum Gasteiger partial charge on any atom is -0.464 e. The van der Waals surface area contributed by atoms with Gasteiger partial charge < -0.3 is 4.74 Å². The molecule has 0 amide bonds. The average molecular weight is 255 g/mol. The lowest BCUT2D eigenvalue weighted by Crippen LogP contribution is -2.19. The van der Waals surface area contributed by atoms with Crippen LogP contribution in [0.5, 0.6) is 0 Å². The second-order valence-electron chi connectivity index (χ2n) is 4.02. The highest BCUT2D eigenvalue weighted by atomic mass is 19.3. The van der Waals surface area contributed by atoms with E-state index in [1.807, 2.05) is 0 Å². The molecule has 0 spiro atoms. The monoisotopic (exact) mass is 255 g/mol. The summed E-state index contributed by atoms with van der Waals surface area (Å²) in [6.07, 6.45) is 2.86. The van der Waals surface area contributed by atoms with Crippen molar-refractivity contribution in [2.24, 2.45) is 0 Å². The lowest BCUT2D eigenvalue weighted by atomic mass is 10.3. The van der Waals surface area contributed by atoms with E-state index in [0.717, 1.165) is 11.6 Å². The largest absolute Gasteiger partial charge is 0.464 e. The summed E-state index contributed by atoms with van der Waals surface area (Å²) in [6.45, 7) is 0.298. The molecule has 0 unspecified atom stereocenters. The van der Waals surface area contributed by atoms with Crippen LogP contribution in [0.1, 0.15) is 17.4 Å². The van der Waals surface area contributed by atoms with Gasteiger partial charge in [-0.2, -0.15) is 5.10 Å². The van der Waals surface area contributed by atoms with Crippen molar-refractivity contribution < 1.29 is 18.3 Å². The zero-order valence-electron chi connectivity index (χ0n) is 9.85. The van der Waals surface area contributed by atoms with Crippen LogP contribution in [0, 0.1) is 0 Å². The van der Waals surface area contributed by atoms with Crippen LogP contribution < -0.4 is 0 Å². The van der Waals surface area contributed by atoms with Gasteiger partial charge in [0.1, 0.15) is 6.54 Å². The molecule has 0 saturated heterocycles. The molecule has 0 fully saturated rings. The molecular weight excluding hydrogens is 244 g/mol. The van der Waals surface area contributed by atoms with Crippen LogP contribution in [0.2, 0.25) is 0 Å². The van der Waals surface area contributed by atoms with Crippen molar-refractivity contribution in [1.29, 1.82) is 0 Å². The molecule has 96 valence electrons. The molecule has 0 aliphatic rings. The molecule has 0 radical (unpaired) electrons. The Balaban J connectivity index is 2.37. The Bertz CT molecular complexity index is 589. The van der Waals surface area contributed by atoms with Crippen LogP contribution >= 0.6 is 0 Å². The molecule has 0 N–H and O–H groups in total. The van der Waals surface area contributed by atoms with E-state index < -0.39 is 18.4 Å². The molecule has 18 heavy (non-hydrogen) atoms. The van der Waals surface area contributed by atoms with Crippen LogP contribution in [0.4, 0.5) is 8.78 Å². The Hall–Kier alpha value is -2.05. The number of rotatable bonds is 3. The van der Waals surface area contributed by atoms with Gasteiger partial charge in [-0.1, -0.05) is 0 Å². The number of carbonyl (C=O) groups is 1. The molecule has 2 rings (SSSR count). The topological polar surface area (TPSA) is 57.0 Å². The van der Waals surface area contributed by atoms with Crippen LogP contribution in [0.25, 0.3) is 10.9 Å². The van der Waals surface area contributed by atoms with Crippen molar-refractivity contribution in [2.75, 3.05) is 7.11 Å². The molecule has 2 aromatic rings. The van der Waals surface area contributed by atoms with Crippen molar-refractivity contribution in [3.63, 3.8) is 0 Å². The maximum Gasteiger partial charge on any atom is 0.356 e. The van der Waals surface area contributed by atoms with Crippen molar-refractivity contribution in [2.45, 2.75) is 19.4 Å². The fraction of sp³-hybridized carbons (Fsp3) is 0.364. The lowest BCUT2D eigenvalue weighted by Gasteiger charge is -2.08. The molecule has 0 bridgehead atoms. The van der Waals surface area contributed by atoms with Gasteiger partial charge in [0.25, 0.3) is 5.92 Å². The Morgan fingerprint density at radius 2 is 2.28 bits per heavy atom. The van der Waals surface area contributed by atoms with E-state index in [9.17, 15) is 13.6 Å². The highest BCUT2D eigenvalue weighted by Crippen LogP contribution is 2.18. The molecule has 0 saturated carbocycles. The highest BCUT2D eigenvalue weighted by molar-refractivity contribution is 5.91. The third-order valence-electron chi connectivity index (χ3n) is 2.27. The molecule has 0 aliphatic carbocycles. The maximum atomic E-state index is 12.8. The maximum absolute atomic E-state index is 12.8. The summed E-state index contributed by atoms with van der Waals surface area (Å²) in [5, 5.41) is 4.55. The third kappa shape index (κ3) is 2.61. The van der Waals surface area contributed by atoms with E-state index in [1.165, 1.54) is 25.6 Å². The quantitative estimate of drug-likeness (QED) is 0.786. The van der Waals surface area contributed by atoms with Crippen molar-refractivity contribution in [1.82, 2.24) is 14.8 Å². The summed E-state index contributed by atoms with van der Waals surface area (Å²) >= 11 is 0. The molecule has 2 heterocycles. The van der Waals surface area contributed by atoms with Gasteiger partial charge in [-0.3, -0.25) is 4.68 Å². The van der Waals surface area contributed by atoms with Crippen molar-refractivity contribution >= 4 is 16.9 Å². The number of methoxy groups -OCH3 is 1. The second-order valence-corrected chi connectivity index (χ2v) is 4.02. The SMILES string of the molecule is COC(=O)c1cc2nn(CC(C)(F)F)cc2cn1. The first-order valence-electron chi connectivity index (χ1n) is 5.18. The van der Waals surface area contributed by atoms with Gasteiger partial charge in [0.05, 0.1) is 12.6 Å². The van der Waals surface area contributed by atoms with Gasteiger partial charge in [0, 0.05) is 24.7 Å². The van der Waals surface area contributed by atoms with Gasteiger partial charge in [-0.05, 0) is 6.07 Å². The fourth-order valence-electron chi connectivity index (χ4n) is 1.55. The first-order chi connectivity index (χ1) is 8.39. The highest BCUT2D eigenvalue weighted by Gasteiger charge is 2.22. The van der Waals surface area contributed by atoms with Crippen LogP contribution in [0.3, 0.4) is 0 Å². The van der Waals surface area contributed by atoms with Crippen LogP contribution in [-0.2, 0) is 11.3 Å². The van der Waals surface area contributed by atoms with E-state index in [-0.39, 0.29) is 5.69 Å². The first kappa shape index (κ1) is 12.4. The number of nitrogens with zero attached hydrogens (tertiary/aromatic N) is 3. The number of alkyl halides is 2. The number of aromatic nitrogens is 3. The van der Waals surface area contributed by atoms with Gasteiger partial charge >= 0.3 is 5.97 Å². The molecular formula is C11H11F2N3O2. The predicted molar refractivity (Wildman–Crippen MR) is 59.5 cm³/mol. The van der Waals surface area contributed by atoms with Crippen molar-refractivity contribution in [3.05, 3.63) is 24.2 Å². The van der Waals surface area contributed by atoms with E-state index in [1.54, 1.807) is 0 Å². The van der Waals surface area contributed by atoms with Gasteiger partial charge in [-0.25, -0.2) is 18.6 Å². The van der Waals surface area contributed by atoms with Crippen molar-refractivity contribution in [3.8, 4) is 0 Å². The smallest absolute Gasteiger partial charge is 0.356 e. The first-order valence-corrected chi connectivity index (χ1v) is 5.18. The van der Waals surface area contributed by atoms with Gasteiger partial charge in [0.15, 0.2) is 5.69 Å². The number of ether oxygens (including phenoxy) is 1. The molecule has 5 nitrogen and oxygen atoms in total. The summed E-state index contributed by atoms with van der Waals surface area (Å²) < 4.78 is 31.3. The Labute approximate surface area is 101 Å². The summed E-state index contributed by atoms with van der Waals surface area (Å²) in [6, 6.07) is 1.41. The summed E-state index contributed by atoms with van der Waals surface area (Å²) in [4.78, 5) is 15.1. The minimum absolute atomic E-state index is 0.0958. The number of fused-ring (bicyclic) bond motifs is 1. The van der Waals surface area contributed by atoms with E-state index in [2.05, 4.69) is 14.8 Å². The number of hydrogen-bond donors (Lipinski definition) is 0. The third-order valence-corrected chi connectivity index (χ3v) is 2.27. The lowest BCUT2D eigenvalue weighted by molar-refractivity contribution is 0.000779. The zero-order valence-corrected chi connectivity index (χ0v) is 9.85. The van der Waals surface area contributed by atoms with E-state index in [0.29, 0.717) is 10.9 Å². The van der Waals surface area contributed by atoms with Gasteiger partial charge in [0.2, 0.25) is 0 Å². The Morgan fingerprint density at radius 1 is 1.56 bits per heavy atom. The molecule has 0 aliphatic heterocycles. The Kier molecular flexibility index (Phi) is 2.98. The molecule has 0 atom stereocenters. The number of halogens is 2. The normalized spacial score (nSPS) is 11.8.